The molecule has 2 aliphatic carbocycles. The number of rotatable bonds is 0. The van der Waals surface area contributed by atoms with Crippen molar-refractivity contribution in [2.45, 2.75) is 18.9 Å². The number of benzene rings is 2. The first-order valence-corrected chi connectivity index (χ1v) is 6.54. The van der Waals surface area contributed by atoms with Crippen LogP contribution < -0.4 is 0 Å². The molecule has 2 unspecified atom stereocenters. The van der Waals surface area contributed by atoms with Crippen molar-refractivity contribution in [2.75, 3.05) is 0 Å². The molecule has 0 amide bonds. The van der Waals surface area contributed by atoms with Crippen molar-refractivity contribution < 1.29 is 9.90 Å². The van der Waals surface area contributed by atoms with E-state index in [0.717, 1.165) is 16.7 Å². The second-order valence-corrected chi connectivity index (χ2v) is 5.75. The van der Waals surface area contributed by atoms with E-state index >= 15 is 0 Å². The van der Waals surface area contributed by atoms with Gasteiger partial charge < -0.3 is 5.11 Å². The Bertz CT molecular complexity index is 719. The lowest BCUT2D eigenvalue weighted by Gasteiger charge is -2.32. The average molecular weight is 250 g/mol. The highest BCUT2D eigenvalue weighted by molar-refractivity contribution is 6.08. The maximum absolute atomic E-state index is 12.7. The largest absolute Gasteiger partial charge is 0.379 e. The minimum absolute atomic E-state index is 0.0572. The van der Waals surface area contributed by atoms with Crippen LogP contribution >= 0.6 is 0 Å². The Morgan fingerprint density at radius 3 is 2.42 bits per heavy atom. The summed E-state index contributed by atoms with van der Waals surface area (Å²) in [5.74, 6) is 0.0572. The zero-order valence-electron chi connectivity index (χ0n) is 10.7. The highest BCUT2D eigenvalue weighted by Crippen LogP contribution is 2.60. The van der Waals surface area contributed by atoms with Gasteiger partial charge in [-0.25, -0.2) is 0 Å². The number of Topliss-reactive ketones (excluding diaryl/α,β-unsaturated/α-hetero) is 1. The Morgan fingerprint density at radius 2 is 1.63 bits per heavy atom. The molecule has 94 valence electrons. The number of carbonyl (C=O) groups excluding carboxylic acids is 1. The molecule has 2 heteroatoms. The molecule has 0 bridgehead atoms. The Hall–Kier alpha value is -1.93. The summed E-state index contributed by atoms with van der Waals surface area (Å²) in [6, 6.07) is 15.3. The van der Waals surface area contributed by atoms with Crippen LogP contribution in [0, 0.1) is 5.41 Å². The fourth-order valence-corrected chi connectivity index (χ4v) is 3.81. The lowest BCUT2D eigenvalue weighted by molar-refractivity contribution is -0.00698. The van der Waals surface area contributed by atoms with Crippen molar-refractivity contribution in [3.8, 4) is 0 Å². The summed E-state index contributed by atoms with van der Waals surface area (Å²) in [7, 11) is 0. The summed E-state index contributed by atoms with van der Waals surface area (Å²) in [4.78, 5) is 12.7. The van der Waals surface area contributed by atoms with E-state index in [1.165, 1.54) is 0 Å². The van der Waals surface area contributed by atoms with Gasteiger partial charge in [0.2, 0.25) is 0 Å². The normalized spacial score (nSPS) is 30.9. The fraction of sp³-hybridized carbons (Fsp3) is 0.235. The SMILES string of the molecule is CC12Cc3ccccc3C1(O)c1ccccc1C2=O. The molecule has 0 heterocycles. The van der Waals surface area contributed by atoms with E-state index in [0.29, 0.717) is 12.0 Å². The van der Waals surface area contributed by atoms with E-state index < -0.39 is 11.0 Å². The summed E-state index contributed by atoms with van der Waals surface area (Å²) in [6.45, 7) is 1.88. The highest BCUT2D eigenvalue weighted by atomic mass is 16.3. The Balaban J connectivity index is 2.12. The number of aliphatic hydroxyl groups is 1. The van der Waals surface area contributed by atoms with Crippen LogP contribution in [0.3, 0.4) is 0 Å². The molecular formula is C17H14O2. The van der Waals surface area contributed by atoms with Gasteiger partial charge in [0.05, 0.1) is 5.41 Å². The summed E-state index contributed by atoms with van der Waals surface area (Å²) in [5, 5.41) is 11.3. The van der Waals surface area contributed by atoms with Crippen LogP contribution in [0.4, 0.5) is 0 Å². The maximum atomic E-state index is 12.7. The van der Waals surface area contributed by atoms with Gasteiger partial charge in [-0.15, -0.1) is 0 Å². The van der Waals surface area contributed by atoms with Gasteiger partial charge in [-0.1, -0.05) is 48.5 Å². The van der Waals surface area contributed by atoms with Crippen LogP contribution in [-0.2, 0) is 12.0 Å². The van der Waals surface area contributed by atoms with Crippen LogP contribution in [0.15, 0.2) is 48.5 Å². The van der Waals surface area contributed by atoms with Crippen molar-refractivity contribution >= 4 is 5.78 Å². The molecule has 0 saturated carbocycles. The molecule has 19 heavy (non-hydrogen) atoms. The Morgan fingerprint density at radius 1 is 1.00 bits per heavy atom. The van der Waals surface area contributed by atoms with E-state index in [9.17, 15) is 9.90 Å². The molecule has 0 spiro atoms. The lowest BCUT2D eigenvalue weighted by Crippen LogP contribution is -2.40. The number of fused-ring (bicyclic) bond motifs is 5. The third-order valence-electron chi connectivity index (χ3n) is 4.81. The van der Waals surface area contributed by atoms with Crippen molar-refractivity contribution in [3.05, 3.63) is 70.8 Å². The van der Waals surface area contributed by atoms with Gasteiger partial charge >= 0.3 is 0 Å². The molecule has 0 aliphatic heterocycles. The zero-order chi connectivity index (χ0) is 13.3. The van der Waals surface area contributed by atoms with Crippen molar-refractivity contribution in [1.82, 2.24) is 0 Å². The smallest absolute Gasteiger partial charge is 0.173 e. The van der Waals surface area contributed by atoms with Gasteiger partial charge in [-0.05, 0) is 30.0 Å². The minimum Gasteiger partial charge on any atom is -0.379 e. The average Bonchev–Trinajstić information content (AvgIpc) is 2.77. The van der Waals surface area contributed by atoms with Crippen LogP contribution in [0.5, 0.6) is 0 Å². The summed E-state index contributed by atoms with van der Waals surface area (Å²) < 4.78 is 0. The summed E-state index contributed by atoms with van der Waals surface area (Å²) in [5.41, 5.74) is 1.46. The molecule has 0 saturated heterocycles. The number of hydrogen-bond donors (Lipinski definition) is 1. The number of ketones is 1. The monoisotopic (exact) mass is 250 g/mol. The molecule has 2 nitrogen and oxygen atoms in total. The molecule has 2 atom stereocenters. The predicted octanol–water partition coefficient (Wildman–Crippen LogP) is 2.68. The quantitative estimate of drug-likeness (QED) is 0.780. The molecule has 0 fully saturated rings. The Kier molecular flexibility index (Phi) is 1.81. The molecule has 2 aromatic carbocycles. The van der Waals surface area contributed by atoms with Gasteiger partial charge in [0.1, 0.15) is 5.60 Å². The summed E-state index contributed by atoms with van der Waals surface area (Å²) >= 11 is 0. The van der Waals surface area contributed by atoms with E-state index in [-0.39, 0.29) is 5.78 Å². The second-order valence-electron chi connectivity index (χ2n) is 5.75. The molecule has 2 aromatic rings. The first-order chi connectivity index (χ1) is 9.09. The molecule has 1 N–H and O–H groups in total. The van der Waals surface area contributed by atoms with Gasteiger partial charge in [-0.3, -0.25) is 4.79 Å². The van der Waals surface area contributed by atoms with Crippen molar-refractivity contribution in [1.29, 1.82) is 0 Å². The van der Waals surface area contributed by atoms with E-state index in [2.05, 4.69) is 0 Å². The standard InChI is InChI=1S/C17H14O2/c1-16-10-11-6-2-4-8-13(11)17(16,19)14-9-5-3-7-12(14)15(16)18/h2-9,19H,10H2,1H3. The fourth-order valence-electron chi connectivity index (χ4n) is 3.81. The number of hydrogen-bond acceptors (Lipinski definition) is 2. The van der Waals surface area contributed by atoms with Crippen LogP contribution in [-0.4, -0.2) is 10.9 Å². The molecule has 4 rings (SSSR count). The zero-order valence-corrected chi connectivity index (χ0v) is 10.7. The lowest BCUT2D eigenvalue weighted by atomic mass is 9.74. The first-order valence-electron chi connectivity index (χ1n) is 6.54. The first kappa shape index (κ1) is 10.9. The number of carbonyl (C=O) groups is 1. The Labute approximate surface area is 111 Å². The topological polar surface area (TPSA) is 37.3 Å². The molecule has 2 aliphatic rings. The van der Waals surface area contributed by atoms with Gasteiger partial charge in [0.25, 0.3) is 0 Å². The summed E-state index contributed by atoms with van der Waals surface area (Å²) in [6.07, 6.45) is 0.604. The third kappa shape index (κ3) is 1.01. The third-order valence-corrected chi connectivity index (χ3v) is 4.81. The molecular weight excluding hydrogens is 236 g/mol. The van der Waals surface area contributed by atoms with Crippen molar-refractivity contribution in [2.24, 2.45) is 5.41 Å². The van der Waals surface area contributed by atoms with Gasteiger partial charge in [0.15, 0.2) is 5.78 Å². The van der Waals surface area contributed by atoms with Crippen molar-refractivity contribution in [3.63, 3.8) is 0 Å². The van der Waals surface area contributed by atoms with E-state index in [1.807, 2.05) is 55.5 Å². The molecule has 0 radical (unpaired) electrons. The van der Waals surface area contributed by atoms with Crippen LogP contribution in [0.2, 0.25) is 0 Å². The van der Waals surface area contributed by atoms with Crippen LogP contribution in [0.25, 0.3) is 0 Å². The van der Waals surface area contributed by atoms with Gasteiger partial charge in [-0.2, -0.15) is 0 Å². The van der Waals surface area contributed by atoms with Gasteiger partial charge in [0, 0.05) is 5.56 Å². The minimum atomic E-state index is -1.17. The predicted molar refractivity (Wildman–Crippen MR) is 72.0 cm³/mol. The highest BCUT2D eigenvalue weighted by Gasteiger charge is 2.64. The second kappa shape index (κ2) is 3.14. The van der Waals surface area contributed by atoms with E-state index in [4.69, 9.17) is 0 Å². The molecule has 0 aromatic heterocycles. The maximum Gasteiger partial charge on any atom is 0.173 e. The van der Waals surface area contributed by atoms with Crippen LogP contribution in [0.1, 0.15) is 34.0 Å². The van der Waals surface area contributed by atoms with E-state index in [1.54, 1.807) is 0 Å².